The maximum atomic E-state index is 13.7. The molecule has 3 aromatic rings. The molecule has 0 aliphatic rings. The van der Waals surface area contributed by atoms with Gasteiger partial charge in [0.25, 0.3) is 0 Å². The lowest BCUT2D eigenvalue weighted by Crippen LogP contribution is -2.16. The van der Waals surface area contributed by atoms with Crippen molar-refractivity contribution in [2.45, 2.75) is 12.6 Å². The van der Waals surface area contributed by atoms with Crippen LogP contribution < -0.4 is 5.32 Å². The number of anilines is 1. The zero-order chi connectivity index (χ0) is 18.7. The monoisotopic (exact) mass is 363 g/mol. The molecule has 1 aromatic carbocycles. The summed E-state index contributed by atoms with van der Waals surface area (Å²) in [5.41, 5.74) is -0.0499. The van der Waals surface area contributed by atoms with E-state index >= 15 is 0 Å². The van der Waals surface area contributed by atoms with Crippen molar-refractivity contribution in [3.05, 3.63) is 47.9 Å². The number of aliphatic hydroxyl groups is 1. The Morgan fingerprint density at radius 3 is 2.77 bits per heavy atom. The summed E-state index contributed by atoms with van der Waals surface area (Å²) in [5.74, 6) is -1.86. The first-order valence-corrected chi connectivity index (χ1v) is 7.60. The second kappa shape index (κ2) is 7.40. The summed E-state index contributed by atoms with van der Waals surface area (Å²) < 4.78 is 33.4. The summed E-state index contributed by atoms with van der Waals surface area (Å²) in [7, 11) is 1.26. The van der Waals surface area contributed by atoms with E-state index in [-0.39, 0.29) is 13.1 Å². The number of benzene rings is 1. The Morgan fingerprint density at radius 1 is 1.35 bits per heavy atom. The van der Waals surface area contributed by atoms with E-state index in [1.165, 1.54) is 30.4 Å². The number of rotatable bonds is 6. The molecule has 0 bridgehead atoms. The molecule has 0 saturated carbocycles. The van der Waals surface area contributed by atoms with E-state index in [9.17, 15) is 18.7 Å². The van der Waals surface area contributed by atoms with Gasteiger partial charge in [0.1, 0.15) is 36.4 Å². The number of halogens is 2. The molecule has 3 rings (SSSR count). The fraction of sp³-hybridized carbons (Fsp3) is 0.250. The number of hydrogen-bond acceptors (Lipinski definition) is 7. The van der Waals surface area contributed by atoms with Crippen LogP contribution in [0.1, 0.15) is 11.7 Å². The van der Waals surface area contributed by atoms with Crippen molar-refractivity contribution in [2.24, 2.45) is 0 Å². The highest BCUT2D eigenvalue weighted by Crippen LogP contribution is 2.23. The molecule has 26 heavy (non-hydrogen) atoms. The van der Waals surface area contributed by atoms with Gasteiger partial charge in [-0.2, -0.15) is 5.10 Å². The topological polar surface area (TPSA) is 102 Å². The zero-order valence-electron chi connectivity index (χ0n) is 13.7. The van der Waals surface area contributed by atoms with Gasteiger partial charge in [-0.1, -0.05) is 6.07 Å². The van der Waals surface area contributed by atoms with Gasteiger partial charge in [0, 0.05) is 6.54 Å². The molecule has 1 atom stereocenters. The number of nitrogens with one attached hydrogen (secondary N) is 1. The highest BCUT2D eigenvalue weighted by Gasteiger charge is 2.19. The molecule has 0 radical (unpaired) electrons. The molecule has 0 fully saturated rings. The minimum absolute atomic E-state index is 0.125. The Labute approximate surface area is 146 Å². The van der Waals surface area contributed by atoms with Crippen LogP contribution in [0, 0.1) is 11.6 Å². The van der Waals surface area contributed by atoms with Gasteiger partial charge in [0.15, 0.2) is 5.65 Å². The summed E-state index contributed by atoms with van der Waals surface area (Å²) in [5, 5.41) is 17.5. The predicted molar refractivity (Wildman–Crippen MR) is 87.1 cm³/mol. The lowest BCUT2D eigenvalue weighted by molar-refractivity contribution is -0.141. The van der Waals surface area contributed by atoms with Gasteiger partial charge in [-0.05, 0) is 12.1 Å². The molecule has 136 valence electrons. The molecule has 2 heterocycles. The van der Waals surface area contributed by atoms with Crippen LogP contribution in [-0.2, 0) is 16.1 Å². The van der Waals surface area contributed by atoms with E-state index in [0.29, 0.717) is 16.9 Å². The number of esters is 1. The summed E-state index contributed by atoms with van der Waals surface area (Å²) >= 11 is 0. The van der Waals surface area contributed by atoms with E-state index in [4.69, 9.17) is 0 Å². The second-order valence-electron chi connectivity index (χ2n) is 5.37. The lowest BCUT2D eigenvalue weighted by atomic mass is 10.1. The second-order valence-corrected chi connectivity index (χ2v) is 5.37. The number of aromatic nitrogens is 4. The van der Waals surface area contributed by atoms with Crippen molar-refractivity contribution >= 4 is 22.8 Å². The Balaban J connectivity index is 1.80. The summed E-state index contributed by atoms with van der Waals surface area (Å²) in [4.78, 5) is 19.5. The van der Waals surface area contributed by atoms with Crippen molar-refractivity contribution in [3.63, 3.8) is 0 Å². The molecule has 0 saturated heterocycles. The number of methoxy groups -OCH3 is 1. The maximum Gasteiger partial charge on any atom is 0.327 e. The van der Waals surface area contributed by atoms with Gasteiger partial charge in [-0.25, -0.2) is 23.4 Å². The highest BCUT2D eigenvalue weighted by molar-refractivity contribution is 5.86. The number of hydrogen-bond donors (Lipinski definition) is 2. The summed E-state index contributed by atoms with van der Waals surface area (Å²) in [6, 6.07) is 3.36. The van der Waals surface area contributed by atoms with E-state index in [1.807, 2.05) is 0 Å². The Bertz CT molecular complexity index is 927. The van der Waals surface area contributed by atoms with Crippen molar-refractivity contribution in [1.29, 1.82) is 0 Å². The van der Waals surface area contributed by atoms with Gasteiger partial charge in [-0.15, -0.1) is 0 Å². The third kappa shape index (κ3) is 3.45. The van der Waals surface area contributed by atoms with Crippen molar-refractivity contribution in [3.8, 4) is 0 Å². The highest BCUT2D eigenvalue weighted by atomic mass is 19.1. The van der Waals surface area contributed by atoms with Gasteiger partial charge in [0.05, 0.1) is 24.3 Å². The van der Waals surface area contributed by atoms with Crippen LogP contribution in [0.5, 0.6) is 0 Å². The fourth-order valence-corrected chi connectivity index (χ4v) is 2.46. The quantitative estimate of drug-likeness (QED) is 0.639. The number of aliphatic hydroxyl groups excluding tert-OH is 1. The minimum Gasteiger partial charge on any atom is -0.468 e. The number of carbonyl (C=O) groups excluding carboxylic acids is 1. The van der Waals surface area contributed by atoms with Crippen LogP contribution in [0.3, 0.4) is 0 Å². The molecule has 8 nitrogen and oxygen atoms in total. The summed E-state index contributed by atoms with van der Waals surface area (Å²) in [6.45, 7) is -0.314. The SMILES string of the molecule is COC(=O)Cn1ncc2c(NCC(O)c3c(F)cccc3F)ncnc21. The third-order valence-electron chi connectivity index (χ3n) is 3.74. The lowest BCUT2D eigenvalue weighted by Gasteiger charge is -2.14. The van der Waals surface area contributed by atoms with E-state index < -0.39 is 29.3 Å². The average Bonchev–Trinajstić information content (AvgIpc) is 3.03. The Morgan fingerprint density at radius 2 is 2.08 bits per heavy atom. The van der Waals surface area contributed by atoms with Crippen molar-refractivity contribution in [2.75, 3.05) is 19.0 Å². The average molecular weight is 363 g/mol. The molecule has 0 amide bonds. The Hall–Kier alpha value is -3.14. The van der Waals surface area contributed by atoms with Crippen LogP contribution >= 0.6 is 0 Å². The molecule has 0 aliphatic heterocycles. The van der Waals surface area contributed by atoms with Crippen LogP contribution in [0.2, 0.25) is 0 Å². The predicted octanol–water partition coefficient (Wildman–Crippen LogP) is 1.42. The van der Waals surface area contributed by atoms with Crippen LogP contribution in [0.15, 0.2) is 30.7 Å². The molecule has 1 unspecified atom stereocenters. The smallest absolute Gasteiger partial charge is 0.327 e. The molecule has 0 aliphatic carbocycles. The molecule has 10 heteroatoms. The maximum absolute atomic E-state index is 13.7. The standard InChI is InChI=1S/C16H15F2N5O3/c1-26-13(25)7-23-16-9(5-22-23)15(20-8-21-16)19-6-12(24)14-10(17)3-2-4-11(14)18/h2-5,8,12,24H,6-7H2,1H3,(H,19,20,21). The molecule has 0 spiro atoms. The van der Waals surface area contributed by atoms with E-state index in [1.54, 1.807) is 0 Å². The first kappa shape index (κ1) is 17.7. The summed E-state index contributed by atoms with van der Waals surface area (Å²) in [6.07, 6.45) is 1.26. The number of ether oxygens (including phenoxy) is 1. The van der Waals surface area contributed by atoms with Gasteiger partial charge >= 0.3 is 5.97 Å². The van der Waals surface area contributed by atoms with Gasteiger partial charge in [0.2, 0.25) is 0 Å². The number of carbonyl (C=O) groups is 1. The van der Waals surface area contributed by atoms with Crippen molar-refractivity contribution in [1.82, 2.24) is 19.7 Å². The normalized spacial score (nSPS) is 12.2. The first-order chi connectivity index (χ1) is 12.5. The molecule has 2 aromatic heterocycles. The molecular formula is C16H15F2N5O3. The van der Waals surface area contributed by atoms with Crippen LogP contribution in [-0.4, -0.2) is 44.5 Å². The van der Waals surface area contributed by atoms with Crippen LogP contribution in [0.4, 0.5) is 14.6 Å². The zero-order valence-corrected chi connectivity index (χ0v) is 13.7. The molecule has 2 N–H and O–H groups in total. The minimum atomic E-state index is -1.42. The van der Waals surface area contributed by atoms with E-state index in [0.717, 1.165) is 12.1 Å². The molecular weight excluding hydrogens is 348 g/mol. The largest absolute Gasteiger partial charge is 0.468 e. The van der Waals surface area contributed by atoms with Crippen LogP contribution in [0.25, 0.3) is 11.0 Å². The van der Waals surface area contributed by atoms with Gasteiger partial charge in [-0.3, -0.25) is 4.79 Å². The fourth-order valence-electron chi connectivity index (χ4n) is 2.46. The number of nitrogens with zero attached hydrogens (tertiary/aromatic N) is 4. The third-order valence-corrected chi connectivity index (χ3v) is 3.74. The van der Waals surface area contributed by atoms with Gasteiger partial charge < -0.3 is 15.2 Å². The number of fused-ring (bicyclic) bond motifs is 1. The first-order valence-electron chi connectivity index (χ1n) is 7.60. The Kier molecular flexibility index (Phi) is 5.03. The van der Waals surface area contributed by atoms with Crippen molar-refractivity contribution < 1.29 is 23.4 Å². The van der Waals surface area contributed by atoms with E-state index in [2.05, 4.69) is 25.1 Å².